The zero-order valence-corrected chi connectivity index (χ0v) is 14.5. The van der Waals surface area contributed by atoms with Gasteiger partial charge in [0.25, 0.3) is 5.91 Å². The molecule has 130 valence electrons. The van der Waals surface area contributed by atoms with Crippen LogP contribution in [0.4, 0.5) is 0 Å². The van der Waals surface area contributed by atoms with Crippen molar-refractivity contribution in [2.45, 2.75) is 51.2 Å². The fourth-order valence-electron chi connectivity index (χ4n) is 4.70. The van der Waals surface area contributed by atoms with Crippen molar-refractivity contribution in [3.8, 4) is 0 Å². The topological polar surface area (TPSA) is 50.2 Å². The maximum absolute atomic E-state index is 13.0. The van der Waals surface area contributed by atoms with E-state index in [1.807, 2.05) is 23.2 Å². The second kappa shape index (κ2) is 5.99. The van der Waals surface area contributed by atoms with E-state index in [1.165, 1.54) is 28.8 Å². The summed E-state index contributed by atoms with van der Waals surface area (Å²) >= 11 is 0. The normalized spacial score (nSPS) is 19.9. The summed E-state index contributed by atoms with van der Waals surface area (Å²) in [5.74, 6) is 0.226. The molecule has 25 heavy (non-hydrogen) atoms. The number of aryl methyl sites for hydroxylation is 1. The fraction of sp³-hybridized carbons (Fsp3) is 0.500. The first kappa shape index (κ1) is 15.1. The lowest BCUT2D eigenvalue weighted by molar-refractivity contribution is 0.0688. The number of likely N-dealkylation sites (tertiary alicyclic amines) is 1. The highest BCUT2D eigenvalue weighted by Gasteiger charge is 2.29. The molecule has 5 rings (SSSR count). The molecule has 5 heteroatoms. The third kappa shape index (κ3) is 2.49. The minimum absolute atomic E-state index is 0.226. The summed E-state index contributed by atoms with van der Waals surface area (Å²) < 4.78 is 2.21. The molecule has 1 fully saturated rings. The maximum atomic E-state index is 13.0. The van der Waals surface area contributed by atoms with E-state index in [1.54, 1.807) is 0 Å². The summed E-state index contributed by atoms with van der Waals surface area (Å²) in [7, 11) is 0. The smallest absolute Gasteiger partial charge is 0.254 e. The Labute approximate surface area is 148 Å². The molecule has 1 aromatic heterocycles. The van der Waals surface area contributed by atoms with E-state index in [-0.39, 0.29) is 5.91 Å². The van der Waals surface area contributed by atoms with Gasteiger partial charge in [-0.05, 0) is 49.3 Å². The predicted octanol–water partition coefficient (Wildman–Crippen LogP) is 2.45. The molecule has 2 aliphatic heterocycles. The van der Waals surface area contributed by atoms with Crippen molar-refractivity contribution < 1.29 is 4.79 Å². The first-order valence-electron chi connectivity index (χ1n) is 9.47. The van der Waals surface area contributed by atoms with E-state index in [2.05, 4.69) is 21.2 Å². The summed E-state index contributed by atoms with van der Waals surface area (Å²) in [5, 5.41) is 8.00. The van der Waals surface area contributed by atoms with E-state index in [0.717, 1.165) is 57.4 Å². The Morgan fingerprint density at radius 2 is 2.00 bits per heavy atom. The molecule has 0 atom stereocenters. The van der Waals surface area contributed by atoms with Gasteiger partial charge in [0.2, 0.25) is 0 Å². The Hall–Kier alpha value is -2.14. The summed E-state index contributed by atoms with van der Waals surface area (Å²) in [6.07, 6.45) is 7.35. The van der Waals surface area contributed by atoms with Crippen LogP contribution in [0.15, 0.2) is 24.4 Å². The van der Waals surface area contributed by atoms with Crippen molar-refractivity contribution in [1.29, 1.82) is 0 Å². The van der Waals surface area contributed by atoms with Gasteiger partial charge in [-0.25, -0.2) is 0 Å². The molecule has 1 saturated heterocycles. The van der Waals surface area contributed by atoms with Gasteiger partial charge in [-0.3, -0.25) is 9.48 Å². The third-order valence-corrected chi connectivity index (χ3v) is 6.07. The monoisotopic (exact) mass is 336 g/mol. The summed E-state index contributed by atoms with van der Waals surface area (Å²) in [5.41, 5.74) is 6.28. The molecule has 0 unspecified atom stereocenters. The second-order valence-corrected chi connectivity index (χ2v) is 7.48. The van der Waals surface area contributed by atoms with Crippen LogP contribution in [0.1, 0.15) is 58.0 Å². The van der Waals surface area contributed by atoms with Gasteiger partial charge in [-0.15, -0.1) is 0 Å². The molecule has 2 aromatic rings. The van der Waals surface area contributed by atoms with Crippen LogP contribution in [0.2, 0.25) is 0 Å². The van der Waals surface area contributed by atoms with Gasteiger partial charge in [-0.1, -0.05) is 12.1 Å². The molecule has 3 aliphatic rings. The van der Waals surface area contributed by atoms with E-state index in [4.69, 9.17) is 0 Å². The first-order valence-corrected chi connectivity index (χ1v) is 9.47. The number of benzene rings is 1. The van der Waals surface area contributed by atoms with E-state index < -0.39 is 0 Å². The molecule has 1 aromatic carbocycles. The van der Waals surface area contributed by atoms with Crippen molar-refractivity contribution in [3.05, 3.63) is 52.3 Å². The van der Waals surface area contributed by atoms with Gasteiger partial charge >= 0.3 is 0 Å². The molecular weight excluding hydrogens is 312 g/mol. The van der Waals surface area contributed by atoms with Crippen LogP contribution in [0.5, 0.6) is 0 Å². The van der Waals surface area contributed by atoms with Crippen LogP contribution in [0.25, 0.3) is 0 Å². The SMILES string of the molecule is O=C(c1cccc2c1CCC2)N1CCC(n2ncc3c2CNC3)CC1. The van der Waals surface area contributed by atoms with Gasteiger partial charge in [0.05, 0.1) is 17.9 Å². The van der Waals surface area contributed by atoms with Crippen molar-refractivity contribution in [2.24, 2.45) is 0 Å². The molecule has 0 bridgehead atoms. The highest BCUT2D eigenvalue weighted by molar-refractivity contribution is 5.96. The molecule has 0 spiro atoms. The zero-order chi connectivity index (χ0) is 16.8. The highest BCUT2D eigenvalue weighted by Crippen LogP contribution is 2.30. The van der Waals surface area contributed by atoms with E-state index in [9.17, 15) is 4.79 Å². The second-order valence-electron chi connectivity index (χ2n) is 7.48. The van der Waals surface area contributed by atoms with Crippen molar-refractivity contribution in [1.82, 2.24) is 20.0 Å². The number of hydrogen-bond acceptors (Lipinski definition) is 3. The number of carbonyl (C=O) groups is 1. The van der Waals surface area contributed by atoms with Crippen LogP contribution in [-0.2, 0) is 25.9 Å². The maximum Gasteiger partial charge on any atom is 0.254 e. The first-order chi connectivity index (χ1) is 12.3. The minimum Gasteiger partial charge on any atom is -0.338 e. The Morgan fingerprint density at radius 3 is 2.88 bits per heavy atom. The number of fused-ring (bicyclic) bond motifs is 2. The number of aromatic nitrogens is 2. The lowest BCUT2D eigenvalue weighted by Crippen LogP contribution is -2.39. The van der Waals surface area contributed by atoms with Crippen LogP contribution in [-0.4, -0.2) is 33.7 Å². The average molecular weight is 336 g/mol. The quantitative estimate of drug-likeness (QED) is 0.916. The number of piperidine rings is 1. The largest absolute Gasteiger partial charge is 0.338 e. The minimum atomic E-state index is 0.226. The van der Waals surface area contributed by atoms with E-state index >= 15 is 0 Å². The number of carbonyl (C=O) groups excluding carboxylic acids is 1. The molecule has 0 radical (unpaired) electrons. The molecule has 1 aliphatic carbocycles. The lowest BCUT2D eigenvalue weighted by Gasteiger charge is -2.33. The summed E-state index contributed by atoms with van der Waals surface area (Å²) in [6, 6.07) is 6.67. The molecule has 3 heterocycles. The Morgan fingerprint density at radius 1 is 1.12 bits per heavy atom. The molecule has 0 saturated carbocycles. The van der Waals surface area contributed by atoms with E-state index in [0.29, 0.717) is 6.04 Å². The van der Waals surface area contributed by atoms with Gasteiger partial charge in [0.1, 0.15) is 0 Å². The molecular formula is C20H24N4O. The Balaban J connectivity index is 1.30. The van der Waals surface area contributed by atoms with Gasteiger partial charge in [0.15, 0.2) is 0 Å². The number of nitrogens with zero attached hydrogens (tertiary/aromatic N) is 3. The predicted molar refractivity (Wildman–Crippen MR) is 95.4 cm³/mol. The van der Waals surface area contributed by atoms with Crippen molar-refractivity contribution in [2.75, 3.05) is 13.1 Å². The van der Waals surface area contributed by atoms with Crippen LogP contribution in [0.3, 0.4) is 0 Å². The number of amides is 1. The number of rotatable bonds is 2. The average Bonchev–Trinajstić information content (AvgIpc) is 3.37. The Kier molecular flexibility index (Phi) is 3.63. The standard InChI is InChI=1S/C20H24N4O/c25-20(18-6-2-4-14-3-1-5-17(14)18)23-9-7-16(8-10-23)24-19-13-21-11-15(19)12-22-24/h2,4,6,12,16,21H,1,3,5,7-11,13H2. The van der Waals surface area contributed by atoms with Gasteiger partial charge < -0.3 is 10.2 Å². The fourth-order valence-corrected chi connectivity index (χ4v) is 4.70. The number of hydrogen-bond donors (Lipinski definition) is 1. The summed E-state index contributed by atoms with van der Waals surface area (Å²) in [4.78, 5) is 15.1. The highest BCUT2D eigenvalue weighted by atomic mass is 16.2. The van der Waals surface area contributed by atoms with Gasteiger partial charge in [-0.2, -0.15) is 5.10 Å². The molecule has 1 N–H and O–H groups in total. The van der Waals surface area contributed by atoms with Gasteiger partial charge in [0, 0.05) is 37.3 Å². The zero-order valence-electron chi connectivity index (χ0n) is 14.5. The van der Waals surface area contributed by atoms with Crippen molar-refractivity contribution in [3.63, 3.8) is 0 Å². The van der Waals surface area contributed by atoms with Crippen molar-refractivity contribution >= 4 is 5.91 Å². The summed E-state index contributed by atoms with van der Waals surface area (Å²) in [6.45, 7) is 3.51. The lowest BCUT2D eigenvalue weighted by atomic mass is 9.99. The molecule has 5 nitrogen and oxygen atoms in total. The van der Waals surface area contributed by atoms with Crippen LogP contribution < -0.4 is 5.32 Å². The van der Waals surface area contributed by atoms with Crippen LogP contribution >= 0.6 is 0 Å². The third-order valence-electron chi connectivity index (χ3n) is 6.07. The van der Waals surface area contributed by atoms with Crippen LogP contribution in [0, 0.1) is 0 Å². The Bertz CT molecular complexity index is 817. The molecule has 1 amide bonds. The number of nitrogens with one attached hydrogen (secondary N) is 1.